The van der Waals surface area contributed by atoms with Crippen molar-refractivity contribution < 1.29 is 14.3 Å². The van der Waals surface area contributed by atoms with Gasteiger partial charge in [0.2, 0.25) is 0 Å². The highest BCUT2D eigenvalue weighted by Gasteiger charge is 2.14. The first kappa shape index (κ1) is 12.8. The fourth-order valence-electron chi connectivity index (χ4n) is 1.82. The lowest BCUT2D eigenvalue weighted by Crippen LogP contribution is -2.28. The molecule has 0 aliphatic carbocycles. The van der Waals surface area contributed by atoms with Crippen LogP contribution in [0.1, 0.15) is 21.5 Å². The van der Waals surface area contributed by atoms with Crippen LogP contribution in [0.4, 0.5) is 0 Å². The lowest BCUT2D eigenvalue weighted by Gasteiger charge is -2.08. The standard InChI is InChI=1S/C14H12N2O3S/c17-11(9-5-6-19-8-9)7-15-13(18)14-16-10-3-1-2-4-12(10)20-14/h1-6,8,11,17H,7H2,(H,15,18)/t11-/m1/s1. The summed E-state index contributed by atoms with van der Waals surface area (Å²) in [6.45, 7) is 0.119. The molecule has 5 nitrogen and oxygen atoms in total. The van der Waals surface area contributed by atoms with Crippen molar-refractivity contribution in [3.8, 4) is 0 Å². The number of amides is 1. The number of para-hydroxylation sites is 1. The molecule has 2 heterocycles. The molecular weight excluding hydrogens is 276 g/mol. The van der Waals surface area contributed by atoms with Gasteiger partial charge in [0.25, 0.3) is 5.91 Å². The SMILES string of the molecule is O=C(NC[C@@H](O)c1ccoc1)c1nc2ccccc2s1. The molecule has 0 bridgehead atoms. The minimum Gasteiger partial charge on any atom is -0.472 e. The van der Waals surface area contributed by atoms with Gasteiger partial charge in [-0.25, -0.2) is 4.98 Å². The second kappa shape index (κ2) is 5.44. The molecule has 2 N–H and O–H groups in total. The molecule has 2 aromatic heterocycles. The van der Waals surface area contributed by atoms with Gasteiger partial charge in [-0.3, -0.25) is 4.79 Å². The highest BCUT2D eigenvalue weighted by Crippen LogP contribution is 2.21. The zero-order chi connectivity index (χ0) is 13.9. The summed E-state index contributed by atoms with van der Waals surface area (Å²) in [6.07, 6.45) is 2.15. The van der Waals surface area contributed by atoms with E-state index in [-0.39, 0.29) is 12.5 Å². The molecule has 6 heteroatoms. The van der Waals surface area contributed by atoms with E-state index in [1.165, 1.54) is 23.9 Å². The summed E-state index contributed by atoms with van der Waals surface area (Å²) < 4.78 is 5.85. The molecule has 1 aromatic carbocycles. The number of carbonyl (C=O) groups is 1. The van der Waals surface area contributed by atoms with Gasteiger partial charge < -0.3 is 14.8 Å². The van der Waals surface area contributed by atoms with Crippen LogP contribution >= 0.6 is 11.3 Å². The molecule has 3 aromatic rings. The van der Waals surface area contributed by atoms with Crippen LogP contribution in [0.15, 0.2) is 47.3 Å². The molecule has 3 rings (SSSR count). The third-order valence-corrected chi connectivity index (χ3v) is 3.91. The number of hydrogen-bond donors (Lipinski definition) is 2. The van der Waals surface area contributed by atoms with Gasteiger partial charge in [0.05, 0.1) is 28.8 Å². The maximum Gasteiger partial charge on any atom is 0.280 e. The van der Waals surface area contributed by atoms with Crippen molar-refractivity contribution in [3.63, 3.8) is 0 Å². The van der Waals surface area contributed by atoms with Gasteiger partial charge in [0, 0.05) is 12.1 Å². The number of hydrogen-bond acceptors (Lipinski definition) is 5. The number of nitrogens with one attached hydrogen (secondary N) is 1. The Hall–Kier alpha value is -2.18. The number of aromatic nitrogens is 1. The summed E-state index contributed by atoms with van der Waals surface area (Å²) in [4.78, 5) is 16.3. The predicted octanol–water partition coefficient (Wildman–Crippen LogP) is 2.35. The van der Waals surface area contributed by atoms with Gasteiger partial charge >= 0.3 is 0 Å². The molecule has 0 saturated carbocycles. The average Bonchev–Trinajstić information content (AvgIpc) is 3.12. The molecule has 20 heavy (non-hydrogen) atoms. The lowest BCUT2D eigenvalue weighted by atomic mass is 10.2. The van der Waals surface area contributed by atoms with Gasteiger partial charge in [0.1, 0.15) is 0 Å². The Morgan fingerprint density at radius 1 is 1.40 bits per heavy atom. The predicted molar refractivity (Wildman–Crippen MR) is 75.6 cm³/mol. The van der Waals surface area contributed by atoms with Gasteiger partial charge in [0.15, 0.2) is 5.01 Å². The van der Waals surface area contributed by atoms with Crippen LogP contribution in [-0.4, -0.2) is 22.5 Å². The van der Waals surface area contributed by atoms with Crippen LogP contribution in [0, 0.1) is 0 Å². The molecule has 102 valence electrons. The van der Waals surface area contributed by atoms with E-state index in [0.717, 1.165) is 10.2 Å². The zero-order valence-corrected chi connectivity index (χ0v) is 11.3. The second-order valence-corrected chi connectivity index (χ2v) is 5.30. The van der Waals surface area contributed by atoms with Crippen LogP contribution < -0.4 is 5.32 Å². The van der Waals surface area contributed by atoms with Gasteiger partial charge in [-0.05, 0) is 18.2 Å². The van der Waals surface area contributed by atoms with E-state index in [4.69, 9.17) is 4.42 Å². The van der Waals surface area contributed by atoms with Crippen LogP contribution in [0.25, 0.3) is 10.2 Å². The van der Waals surface area contributed by atoms with Crippen molar-refractivity contribution in [2.24, 2.45) is 0 Å². The third-order valence-electron chi connectivity index (χ3n) is 2.87. The van der Waals surface area contributed by atoms with Crippen molar-refractivity contribution in [2.75, 3.05) is 6.54 Å². The van der Waals surface area contributed by atoms with E-state index in [9.17, 15) is 9.90 Å². The molecular formula is C14H12N2O3S. The van der Waals surface area contributed by atoms with Crippen molar-refractivity contribution in [2.45, 2.75) is 6.10 Å². The van der Waals surface area contributed by atoms with E-state index >= 15 is 0 Å². The van der Waals surface area contributed by atoms with Gasteiger partial charge in [-0.2, -0.15) is 0 Å². The van der Waals surface area contributed by atoms with Crippen molar-refractivity contribution in [3.05, 3.63) is 53.4 Å². The molecule has 0 fully saturated rings. The average molecular weight is 288 g/mol. The number of aliphatic hydroxyl groups is 1. The number of aliphatic hydroxyl groups excluding tert-OH is 1. The normalized spacial score (nSPS) is 12.4. The summed E-state index contributed by atoms with van der Waals surface area (Å²) in [5.41, 5.74) is 1.44. The number of carbonyl (C=O) groups excluding carboxylic acids is 1. The fourth-order valence-corrected chi connectivity index (χ4v) is 2.70. The Kier molecular flexibility index (Phi) is 3.49. The van der Waals surface area contributed by atoms with Crippen molar-refractivity contribution >= 4 is 27.5 Å². The summed E-state index contributed by atoms with van der Waals surface area (Å²) in [7, 11) is 0. The Morgan fingerprint density at radius 2 is 2.25 bits per heavy atom. The molecule has 0 spiro atoms. The maximum atomic E-state index is 12.0. The van der Waals surface area contributed by atoms with Crippen LogP contribution in [-0.2, 0) is 0 Å². The maximum absolute atomic E-state index is 12.0. The van der Waals surface area contributed by atoms with E-state index in [1.54, 1.807) is 6.07 Å². The third kappa shape index (κ3) is 2.56. The van der Waals surface area contributed by atoms with Crippen LogP contribution in [0.2, 0.25) is 0 Å². The summed E-state index contributed by atoms with van der Waals surface area (Å²) in [6, 6.07) is 9.23. The Balaban J connectivity index is 1.67. The van der Waals surface area contributed by atoms with Crippen molar-refractivity contribution in [1.29, 1.82) is 0 Å². The number of rotatable bonds is 4. The van der Waals surface area contributed by atoms with Crippen LogP contribution in [0.5, 0.6) is 0 Å². The second-order valence-electron chi connectivity index (χ2n) is 4.27. The minimum atomic E-state index is -0.785. The van der Waals surface area contributed by atoms with Gasteiger partial charge in [-0.1, -0.05) is 12.1 Å². The summed E-state index contributed by atoms with van der Waals surface area (Å²) in [5, 5.41) is 12.9. The smallest absolute Gasteiger partial charge is 0.280 e. The highest BCUT2D eigenvalue weighted by atomic mass is 32.1. The molecule has 1 atom stereocenters. The minimum absolute atomic E-state index is 0.119. The summed E-state index contributed by atoms with van der Waals surface area (Å²) in [5.74, 6) is -0.284. The number of benzene rings is 1. The zero-order valence-electron chi connectivity index (χ0n) is 10.4. The lowest BCUT2D eigenvalue weighted by molar-refractivity contribution is 0.0915. The number of thiazole rings is 1. The number of nitrogens with zero attached hydrogens (tertiary/aromatic N) is 1. The first-order chi connectivity index (χ1) is 9.74. The molecule has 0 aliphatic heterocycles. The van der Waals surface area contributed by atoms with E-state index in [1.807, 2.05) is 24.3 Å². The van der Waals surface area contributed by atoms with Crippen LogP contribution in [0.3, 0.4) is 0 Å². The Morgan fingerprint density at radius 3 is 3.00 bits per heavy atom. The quantitative estimate of drug-likeness (QED) is 0.772. The first-order valence-corrected chi connectivity index (χ1v) is 6.89. The molecule has 1 amide bonds. The Bertz CT molecular complexity index is 688. The molecule has 0 radical (unpaired) electrons. The number of furan rings is 1. The first-order valence-electron chi connectivity index (χ1n) is 6.08. The fraction of sp³-hybridized carbons (Fsp3) is 0.143. The van der Waals surface area contributed by atoms with Gasteiger partial charge in [-0.15, -0.1) is 11.3 Å². The largest absolute Gasteiger partial charge is 0.472 e. The topological polar surface area (TPSA) is 75.4 Å². The van der Waals surface area contributed by atoms with E-state index < -0.39 is 6.10 Å². The monoisotopic (exact) mass is 288 g/mol. The van der Waals surface area contributed by atoms with E-state index in [2.05, 4.69) is 10.3 Å². The Labute approximate surface area is 118 Å². The molecule has 0 saturated heterocycles. The molecule has 0 unspecified atom stereocenters. The van der Waals surface area contributed by atoms with E-state index in [0.29, 0.717) is 10.6 Å². The van der Waals surface area contributed by atoms with Crippen molar-refractivity contribution in [1.82, 2.24) is 10.3 Å². The highest BCUT2D eigenvalue weighted by molar-refractivity contribution is 7.20. The summed E-state index contributed by atoms with van der Waals surface area (Å²) >= 11 is 1.33. The molecule has 0 aliphatic rings. The number of fused-ring (bicyclic) bond motifs is 1.